The maximum absolute atomic E-state index is 13.7. The monoisotopic (exact) mass is 564 g/mol. The summed E-state index contributed by atoms with van der Waals surface area (Å²) in [6.45, 7) is 12.7. The summed E-state index contributed by atoms with van der Waals surface area (Å²) < 4.78 is 50.9. The van der Waals surface area contributed by atoms with Gasteiger partial charge in [0, 0.05) is 37.3 Å². The normalized spacial score (nSPS) is 20.4. The molecule has 8 nitrogen and oxygen atoms in total. The predicted molar refractivity (Wildman–Crippen MR) is 143 cm³/mol. The third-order valence-electron chi connectivity index (χ3n) is 8.25. The molecule has 1 aliphatic carbocycles. The van der Waals surface area contributed by atoms with Crippen LogP contribution in [-0.2, 0) is 25.2 Å². The zero-order valence-corrected chi connectivity index (χ0v) is 24.2. The molecule has 220 valence electrons. The van der Waals surface area contributed by atoms with E-state index in [1.807, 2.05) is 64.0 Å². The van der Waals surface area contributed by atoms with Crippen molar-refractivity contribution in [1.82, 2.24) is 14.3 Å². The highest BCUT2D eigenvalue weighted by atomic mass is 19.4. The molecule has 2 amide bonds. The number of hydrogen-bond donors (Lipinski definition) is 1. The van der Waals surface area contributed by atoms with Gasteiger partial charge in [-0.05, 0) is 48.8 Å². The zero-order valence-electron chi connectivity index (χ0n) is 24.2. The van der Waals surface area contributed by atoms with Gasteiger partial charge < -0.3 is 9.84 Å². The Morgan fingerprint density at radius 1 is 1.10 bits per heavy atom. The molecular formula is C29H39F3N4O4. The van der Waals surface area contributed by atoms with E-state index < -0.39 is 34.7 Å². The molecule has 0 unspecified atom stereocenters. The largest absolute Gasteiger partial charge is 0.490 e. The van der Waals surface area contributed by atoms with E-state index in [1.165, 1.54) is 4.90 Å². The molecule has 1 aromatic heterocycles. The molecule has 11 heteroatoms. The molecule has 2 heterocycles. The summed E-state index contributed by atoms with van der Waals surface area (Å²) in [4.78, 5) is 31.1. The van der Waals surface area contributed by atoms with Crippen molar-refractivity contribution in [2.24, 2.45) is 23.4 Å². The number of benzene rings is 1. The second-order valence-corrected chi connectivity index (χ2v) is 13.1. The van der Waals surface area contributed by atoms with E-state index in [0.717, 1.165) is 36.7 Å². The first-order chi connectivity index (χ1) is 18.3. The lowest BCUT2D eigenvalue weighted by Crippen LogP contribution is -2.70. The number of amides is 2. The lowest BCUT2D eigenvalue weighted by molar-refractivity contribution is -0.137. The zero-order chi connectivity index (χ0) is 29.8. The van der Waals surface area contributed by atoms with Gasteiger partial charge in [0.1, 0.15) is 12.4 Å². The SMILES string of the molecule is Cn1c(C(C)(C)C)cc(=NC(=O)c2cc(C(F)(F)F)ccc2OC[C@@]2(C(C)(C)C)CCN2C(=O)O)n1CC1CC1. The molecule has 0 radical (unpaired) electrons. The predicted octanol–water partition coefficient (Wildman–Crippen LogP) is 5.84. The Bertz CT molecular complexity index is 1370. The summed E-state index contributed by atoms with van der Waals surface area (Å²) in [5, 5.41) is 9.71. The van der Waals surface area contributed by atoms with Crippen LogP contribution in [0.4, 0.5) is 18.0 Å². The van der Waals surface area contributed by atoms with E-state index in [9.17, 15) is 27.9 Å². The quantitative estimate of drug-likeness (QED) is 0.477. The number of nitrogens with zero attached hydrogens (tertiary/aromatic N) is 4. The fourth-order valence-corrected chi connectivity index (χ4v) is 5.41. The molecule has 1 saturated carbocycles. The van der Waals surface area contributed by atoms with Crippen LogP contribution in [0.3, 0.4) is 0 Å². The van der Waals surface area contributed by atoms with Gasteiger partial charge in [-0.3, -0.25) is 19.1 Å². The van der Waals surface area contributed by atoms with Gasteiger partial charge in [-0.1, -0.05) is 41.5 Å². The van der Waals surface area contributed by atoms with E-state index >= 15 is 0 Å². The number of carbonyl (C=O) groups is 2. The minimum atomic E-state index is -4.67. The fraction of sp³-hybridized carbons (Fsp3) is 0.621. The number of carbonyl (C=O) groups excluding carboxylic acids is 1. The van der Waals surface area contributed by atoms with Crippen LogP contribution in [0.25, 0.3) is 0 Å². The Kier molecular flexibility index (Phi) is 7.43. The number of halogens is 3. The minimum Gasteiger partial charge on any atom is -0.490 e. The minimum absolute atomic E-state index is 0.0664. The third kappa shape index (κ3) is 5.65. The van der Waals surface area contributed by atoms with Crippen LogP contribution in [0.1, 0.15) is 82.4 Å². The Morgan fingerprint density at radius 3 is 2.23 bits per heavy atom. The highest BCUT2D eigenvalue weighted by molar-refractivity contribution is 5.97. The lowest BCUT2D eigenvalue weighted by atomic mass is 9.66. The Labute approximate surface area is 232 Å². The maximum Gasteiger partial charge on any atom is 0.416 e. The molecule has 2 aliphatic rings. The van der Waals surface area contributed by atoms with Crippen LogP contribution in [0, 0.1) is 11.3 Å². The van der Waals surface area contributed by atoms with Crippen LogP contribution in [-0.4, -0.2) is 50.1 Å². The summed E-state index contributed by atoms with van der Waals surface area (Å²) >= 11 is 0. The van der Waals surface area contributed by atoms with Crippen LogP contribution in [0.2, 0.25) is 0 Å². The summed E-state index contributed by atoms with van der Waals surface area (Å²) in [6.07, 6.45) is -3.09. The molecule has 40 heavy (non-hydrogen) atoms. The average Bonchev–Trinajstić information content (AvgIpc) is 3.55. The third-order valence-corrected chi connectivity index (χ3v) is 8.25. The Balaban J connectivity index is 1.77. The number of alkyl halides is 3. The first-order valence-corrected chi connectivity index (χ1v) is 13.6. The highest BCUT2D eigenvalue weighted by Crippen LogP contribution is 2.46. The van der Waals surface area contributed by atoms with Crippen molar-refractivity contribution in [1.29, 1.82) is 0 Å². The summed E-state index contributed by atoms with van der Waals surface area (Å²) in [5.41, 5.74) is -1.67. The second-order valence-electron chi connectivity index (χ2n) is 13.1. The molecule has 0 spiro atoms. The van der Waals surface area contributed by atoms with Crippen LogP contribution in [0.15, 0.2) is 29.3 Å². The molecule has 1 atom stereocenters. The second kappa shape index (κ2) is 9.99. The number of likely N-dealkylation sites (tertiary alicyclic amines) is 1. The maximum atomic E-state index is 13.7. The highest BCUT2D eigenvalue weighted by Gasteiger charge is 2.56. The van der Waals surface area contributed by atoms with Gasteiger partial charge in [-0.15, -0.1) is 0 Å². The Morgan fingerprint density at radius 2 is 1.75 bits per heavy atom. The van der Waals surface area contributed by atoms with Crippen molar-refractivity contribution in [3.63, 3.8) is 0 Å². The number of hydrogen-bond acceptors (Lipinski definition) is 3. The van der Waals surface area contributed by atoms with Crippen molar-refractivity contribution >= 4 is 12.0 Å². The number of rotatable bonds is 6. The van der Waals surface area contributed by atoms with Crippen molar-refractivity contribution < 1.29 is 32.6 Å². The van der Waals surface area contributed by atoms with E-state index in [0.29, 0.717) is 30.9 Å². The lowest BCUT2D eigenvalue weighted by Gasteiger charge is -2.58. The molecule has 2 fully saturated rings. The summed E-state index contributed by atoms with van der Waals surface area (Å²) in [7, 11) is 1.89. The van der Waals surface area contributed by atoms with Gasteiger partial charge in [-0.25, -0.2) is 4.79 Å². The number of aromatic nitrogens is 2. The Hall–Kier alpha value is -3.24. The van der Waals surface area contributed by atoms with Crippen molar-refractivity contribution in [3.05, 3.63) is 46.6 Å². The molecule has 0 bridgehead atoms. The van der Waals surface area contributed by atoms with E-state index in [4.69, 9.17) is 4.74 Å². The van der Waals surface area contributed by atoms with Crippen molar-refractivity contribution in [2.45, 2.75) is 84.5 Å². The van der Waals surface area contributed by atoms with Crippen LogP contribution < -0.4 is 10.2 Å². The summed E-state index contributed by atoms with van der Waals surface area (Å²) in [6, 6.07) is 4.55. The van der Waals surface area contributed by atoms with E-state index in [2.05, 4.69) is 4.99 Å². The molecule has 1 saturated heterocycles. The fourth-order valence-electron chi connectivity index (χ4n) is 5.41. The van der Waals surface area contributed by atoms with Gasteiger partial charge in [0.25, 0.3) is 5.91 Å². The van der Waals surface area contributed by atoms with Gasteiger partial charge in [0.2, 0.25) is 0 Å². The number of carboxylic acid groups (broad SMARTS) is 1. The van der Waals surface area contributed by atoms with Crippen molar-refractivity contribution in [2.75, 3.05) is 13.2 Å². The number of ether oxygens (including phenoxy) is 1. The van der Waals surface area contributed by atoms with Crippen molar-refractivity contribution in [3.8, 4) is 5.75 Å². The standard InChI is InChI=1S/C29H39F3N4O4/c1-26(2,3)22-15-23(36(34(22)7)16-18-8-9-18)33-24(37)20-14-19(29(30,31)32)10-11-21(20)40-17-28(27(4,5)6)12-13-35(28)25(38)39/h10-11,14-15,18H,8-9,12-13,16-17H2,1-7H3,(H,38,39)/t28-/m1/s1. The first kappa shape index (κ1) is 29.7. The van der Waals surface area contributed by atoms with Gasteiger partial charge in [0.05, 0.1) is 16.7 Å². The first-order valence-electron chi connectivity index (χ1n) is 13.6. The van der Waals surface area contributed by atoms with Crippen LogP contribution >= 0.6 is 0 Å². The van der Waals surface area contributed by atoms with E-state index in [-0.39, 0.29) is 23.3 Å². The van der Waals surface area contributed by atoms with E-state index in [1.54, 1.807) is 0 Å². The van der Waals surface area contributed by atoms with Crippen LogP contribution in [0.5, 0.6) is 5.75 Å². The topological polar surface area (TPSA) is 89.1 Å². The molecule has 1 aliphatic heterocycles. The summed E-state index contributed by atoms with van der Waals surface area (Å²) in [5.74, 6) is -0.454. The molecule has 1 aromatic carbocycles. The van der Waals surface area contributed by atoms with Gasteiger partial charge >= 0.3 is 12.3 Å². The smallest absolute Gasteiger partial charge is 0.416 e. The average molecular weight is 565 g/mol. The van der Waals surface area contributed by atoms with Gasteiger partial charge in [-0.2, -0.15) is 18.2 Å². The van der Waals surface area contributed by atoms with Gasteiger partial charge in [0.15, 0.2) is 5.49 Å². The molecule has 4 rings (SSSR count). The molecule has 1 N–H and O–H groups in total. The molecule has 2 aromatic rings. The molecular weight excluding hydrogens is 525 g/mol.